The molecule has 1 unspecified atom stereocenters. The molecule has 1 atom stereocenters. The molecule has 0 saturated carbocycles. The Morgan fingerprint density at radius 1 is 1.63 bits per heavy atom. The lowest BCUT2D eigenvalue weighted by atomic mass is 10.3. The molecule has 0 aliphatic carbocycles. The molecule has 0 radical (unpaired) electrons. The highest BCUT2D eigenvalue weighted by atomic mass is 16.5. The van der Waals surface area contributed by atoms with Gasteiger partial charge in [-0.3, -0.25) is 4.79 Å². The summed E-state index contributed by atoms with van der Waals surface area (Å²) < 4.78 is 6.29. The van der Waals surface area contributed by atoms with Crippen LogP contribution in [0.2, 0.25) is 0 Å². The van der Waals surface area contributed by atoms with E-state index in [0.29, 0.717) is 11.5 Å². The van der Waals surface area contributed by atoms with E-state index in [1.54, 1.807) is 18.3 Å². The topological polar surface area (TPSA) is 108 Å². The standard InChI is InChI=1S/C11H14N6O2/c1-19-5-8(12)11(18)16-9-3-2-4-14-10(9)17-7-13-6-15-17/h2-4,6-8H,5,12H2,1H3,(H,16,18). The average Bonchev–Trinajstić information content (AvgIpc) is 2.93. The summed E-state index contributed by atoms with van der Waals surface area (Å²) in [6.07, 6.45) is 4.48. The molecular formula is C11H14N6O2. The van der Waals surface area contributed by atoms with E-state index in [1.165, 1.54) is 24.4 Å². The van der Waals surface area contributed by atoms with E-state index in [1.807, 2.05) is 0 Å². The van der Waals surface area contributed by atoms with Gasteiger partial charge in [0.25, 0.3) is 0 Å². The zero-order chi connectivity index (χ0) is 13.7. The number of rotatable bonds is 5. The smallest absolute Gasteiger partial charge is 0.243 e. The minimum Gasteiger partial charge on any atom is -0.383 e. The molecule has 0 bridgehead atoms. The van der Waals surface area contributed by atoms with Gasteiger partial charge in [-0.2, -0.15) is 5.10 Å². The second-order valence-electron chi connectivity index (χ2n) is 3.77. The van der Waals surface area contributed by atoms with Crippen molar-refractivity contribution in [1.29, 1.82) is 0 Å². The van der Waals surface area contributed by atoms with Crippen LogP contribution in [0.1, 0.15) is 0 Å². The number of aromatic nitrogens is 4. The van der Waals surface area contributed by atoms with Crippen LogP contribution in [0.15, 0.2) is 31.0 Å². The number of pyridine rings is 1. The summed E-state index contributed by atoms with van der Waals surface area (Å²) in [5.41, 5.74) is 6.16. The van der Waals surface area contributed by atoms with Crippen molar-refractivity contribution in [2.45, 2.75) is 6.04 Å². The highest BCUT2D eigenvalue weighted by Crippen LogP contribution is 2.15. The largest absolute Gasteiger partial charge is 0.383 e. The van der Waals surface area contributed by atoms with E-state index in [9.17, 15) is 4.79 Å². The third kappa shape index (κ3) is 3.12. The van der Waals surface area contributed by atoms with Crippen LogP contribution in [0.3, 0.4) is 0 Å². The molecule has 2 heterocycles. The predicted molar refractivity (Wildman–Crippen MR) is 67.6 cm³/mol. The number of methoxy groups -OCH3 is 1. The van der Waals surface area contributed by atoms with Crippen molar-refractivity contribution in [3.05, 3.63) is 31.0 Å². The van der Waals surface area contributed by atoms with Crippen LogP contribution in [0, 0.1) is 0 Å². The van der Waals surface area contributed by atoms with Gasteiger partial charge in [-0.25, -0.2) is 14.6 Å². The molecule has 0 spiro atoms. The van der Waals surface area contributed by atoms with E-state index in [-0.39, 0.29) is 12.5 Å². The van der Waals surface area contributed by atoms with Crippen LogP contribution in [-0.2, 0) is 9.53 Å². The summed E-state index contributed by atoms with van der Waals surface area (Å²) in [7, 11) is 1.48. The Labute approximate surface area is 109 Å². The van der Waals surface area contributed by atoms with Crippen molar-refractivity contribution in [2.75, 3.05) is 19.0 Å². The fourth-order valence-corrected chi connectivity index (χ4v) is 1.48. The molecule has 0 aliphatic rings. The number of carbonyl (C=O) groups is 1. The highest BCUT2D eigenvalue weighted by molar-refractivity contribution is 5.96. The summed E-state index contributed by atoms with van der Waals surface area (Å²) in [5.74, 6) is 0.120. The van der Waals surface area contributed by atoms with Gasteiger partial charge < -0.3 is 15.8 Å². The van der Waals surface area contributed by atoms with Crippen LogP contribution in [0.4, 0.5) is 5.69 Å². The van der Waals surface area contributed by atoms with E-state index in [2.05, 4.69) is 20.4 Å². The Morgan fingerprint density at radius 2 is 2.47 bits per heavy atom. The normalized spacial score (nSPS) is 12.1. The summed E-state index contributed by atoms with van der Waals surface area (Å²) in [6, 6.07) is 2.67. The fourth-order valence-electron chi connectivity index (χ4n) is 1.48. The molecule has 8 nitrogen and oxygen atoms in total. The Balaban J connectivity index is 2.19. The van der Waals surface area contributed by atoms with Gasteiger partial charge in [-0.1, -0.05) is 0 Å². The van der Waals surface area contributed by atoms with Gasteiger partial charge >= 0.3 is 0 Å². The Hall–Kier alpha value is -2.32. The van der Waals surface area contributed by atoms with E-state index in [0.717, 1.165) is 0 Å². The number of carbonyl (C=O) groups excluding carboxylic acids is 1. The first-order chi connectivity index (χ1) is 9.22. The number of nitrogens with one attached hydrogen (secondary N) is 1. The Bertz CT molecular complexity index is 542. The van der Waals surface area contributed by atoms with Gasteiger partial charge in [0.2, 0.25) is 5.91 Å². The highest BCUT2D eigenvalue weighted by Gasteiger charge is 2.15. The number of hydrogen-bond donors (Lipinski definition) is 2. The summed E-state index contributed by atoms with van der Waals surface area (Å²) in [6.45, 7) is 0.144. The van der Waals surface area contributed by atoms with Crippen molar-refractivity contribution < 1.29 is 9.53 Å². The quantitative estimate of drug-likeness (QED) is 0.757. The van der Waals surface area contributed by atoms with Crippen LogP contribution < -0.4 is 11.1 Å². The molecular weight excluding hydrogens is 248 g/mol. The van der Waals surface area contributed by atoms with Crippen molar-refractivity contribution in [3.8, 4) is 5.82 Å². The van der Waals surface area contributed by atoms with E-state index in [4.69, 9.17) is 10.5 Å². The van der Waals surface area contributed by atoms with Crippen LogP contribution in [0.25, 0.3) is 5.82 Å². The third-order valence-electron chi connectivity index (χ3n) is 2.36. The molecule has 3 N–H and O–H groups in total. The summed E-state index contributed by atoms with van der Waals surface area (Å²) >= 11 is 0. The van der Waals surface area contributed by atoms with Crippen LogP contribution in [0.5, 0.6) is 0 Å². The molecule has 2 aromatic rings. The minimum absolute atomic E-state index is 0.144. The number of hydrogen-bond acceptors (Lipinski definition) is 6. The number of anilines is 1. The van der Waals surface area contributed by atoms with E-state index >= 15 is 0 Å². The molecule has 1 amide bonds. The van der Waals surface area contributed by atoms with Gasteiger partial charge in [0.15, 0.2) is 5.82 Å². The molecule has 2 aromatic heterocycles. The van der Waals surface area contributed by atoms with E-state index < -0.39 is 6.04 Å². The minimum atomic E-state index is -0.742. The second kappa shape index (κ2) is 6.03. The zero-order valence-electron chi connectivity index (χ0n) is 10.4. The molecule has 0 aromatic carbocycles. The SMILES string of the molecule is COCC(N)C(=O)Nc1cccnc1-n1cncn1. The summed E-state index contributed by atoms with van der Waals surface area (Å²) in [4.78, 5) is 19.8. The first kappa shape index (κ1) is 13.1. The monoisotopic (exact) mass is 262 g/mol. The maximum atomic E-state index is 11.8. The Morgan fingerprint density at radius 3 is 3.16 bits per heavy atom. The Kier molecular flexibility index (Phi) is 4.16. The lowest BCUT2D eigenvalue weighted by molar-refractivity contribution is -0.118. The summed E-state index contributed by atoms with van der Waals surface area (Å²) in [5, 5.41) is 6.66. The molecule has 2 rings (SSSR count). The number of nitrogens with two attached hydrogens (primary N) is 1. The molecule has 100 valence electrons. The number of ether oxygens (including phenoxy) is 1. The fraction of sp³-hybridized carbons (Fsp3) is 0.273. The van der Waals surface area contributed by atoms with Crippen LogP contribution >= 0.6 is 0 Å². The lowest BCUT2D eigenvalue weighted by Gasteiger charge is -2.13. The first-order valence-corrected chi connectivity index (χ1v) is 5.57. The molecule has 19 heavy (non-hydrogen) atoms. The number of amides is 1. The van der Waals surface area contributed by atoms with Crippen molar-refractivity contribution in [2.24, 2.45) is 5.73 Å². The lowest BCUT2D eigenvalue weighted by Crippen LogP contribution is -2.39. The predicted octanol–water partition coefficient (Wildman–Crippen LogP) is -0.425. The van der Waals surface area contributed by atoms with Gasteiger partial charge in [0, 0.05) is 13.3 Å². The molecule has 8 heteroatoms. The van der Waals surface area contributed by atoms with Gasteiger partial charge in [0.05, 0.1) is 12.3 Å². The first-order valence-electron chi connectivity index (χ1n) is 5.57. The number of nitrogens with zero attached hydrogens (tertiary/aromatic N) is 4. The molecule has 0 saturated heterocycles. The van der Waals surface area contributed by atoms with Gasteiger partial charge in [0.1, 0.15) is 18.7 Å². The maximum Gasteiger partial charge on any atom is 0.243 e. The molecule has 0 fully saturated rings. The molecule has 0 aliphatic heterocycles. The second-order valence-corrected chi connectivity index (χ2v) is 3.77. The van der Waals surface area contributed by atoms with Crippen molar-refractivity contribution in [1.82, 2.24) is 19.7 Å². The average molecular weight is 262 g/mol. The third-order valence-corrected chi connectivity index (χ3v) is 2.36. The van der Waals surface area contributed by atoms with Crippen molar-refractivity contribution >= 4 is 11.6 Å². The van der Waals surface area contributed by atoms with Crippen LogP contribution in [-0.4, -0.2) is 45.4 Å². The zero-order valence-corrected chi connectivity index (χ0v) is 10.4. The van der Waals surface area contributed by atoms with Gasteiger partial charge in [-0.05, 0) is 12.1 Å². The van der Waals surface area contributed by atoms with Gasteiger partial charge in [-0.15, -0.1) is 0 Å². The maximum absolute atomic E-state index is 11.8. The van der Waals surface area contributed by atoms with Crippen molar-refractivity contribution in [3.63, 3.8) is 0 Å².